The molecule has 0 unspecified atom stereocenters. The fourth-order valence-corrected chi connectivity index (χ4v) is 9.49. The molecule has 2 nitrogen and oxygen atoms in total. The van der Waals surface area contributed by atoms with Crippen LogP contribution in [-0.2, 0) is 4.43 Å². The van der Waals surface area contributed by atoms with Crippen molar-refractivity contribution in [2.75, 3.05) is 0 Å². The van der Waals surface area contributed by atoms with Gasteiger partial charge < -0.3 is 9.53 Å². The zero-order valence-electron chi connectivity index (χ0n) is 17.9. The van der Waals surface area contributed by atoms with E-state index >= 15 is 0 Å². The van der Waals surface area contributed by atoms with Crippen molar-refractivity contribution < 1.29 is 9.53 Å². The third kappa shape index (κ3) is 4.96. The third-order valence-electron chi connectivity index (χ3n) is 5.25. The maximum Gasteiger partial charge on any atom is 0.261 e. The van der Waals surface area contributed by atoms with Crippen LogP contribution in [-0.4, -0.2) is 25.1 Å². The zero-order valence-corrected chi connectivity index (χ0v) is 21.0. The fourth-order valence-electron chi connectivity index (χ4n) is 4.02. The first-order chi connectivity index (χ1) is 13.0. The van der Waals surface area contributed by atoms with Crippen LogP contribution in [0.4, 0.5) is 0 Å². The van der Waals surface area contributed by atoms with E-state index < -0.39 is 13.9 Å². The van der Waals surface area contributed by atoms with E-state index in [0.717, 1.165) is 10.0 Å². The van der Waals surface area contributed by atoms with Crippen LogP contribution in [0.5, 0.6) is 0 Å². The second-order valence-electron chi connectivity index (χ2n) is 8.63. The highest BCUT2D eigenvalue weighted by Crippen LogP contribution is 2.39. The van der Waals surface area contributed by atoms with Crippen molar-refractivity contribution in [3.8, 4) is 0 Å². The molecule has 0 fully saturated rings. The number of hydrogen-bond donors (Lipinski definition) is 1. The van der Waals surface area contributed by atoms with Crippen LogP contribution in [0.1, 0.15) is 48.0 Å². The predicted octanol–water partition coefficient (Wildman–Crippen LogP) is 5.43. The zero-order chi connectivity index (χ0) is 21.0. The number of aliphatic hydroxyl groups is 1. The molecule has 0 saturated carbocycles. The van der Waals surface area contributed by atoms with Crippen LogP contribution in [0.15, 0.2) is 70.3 Å². The monoisotopic (exact) mass is 508 g/mol. The SMILES string of the molecule is CC[C@@H](O[Si](c1ccccc1)(c1ccccc1)C(C)(C)C)[C@@](C)(O)C=C(C)I. The highest BCUT2D eigenvalue weighted by molar-refractivity contribution is 14.1. The van der Waals surface area contributed by atoms with Crippen LogP contribution in [0.25, 0.3) is 0 Å². The predicted molar refractivity (Wildman–Crippen MR) is 131 cm³/mol. The lowest BCUT2D eigenvalue weighted by Crippen LogP contribution is -2.69. The molecule has 0 bridgehead atoms. The average molecular weight is 509 g/mol. The molecule has 0 radical (unpaired) electrons. The molecule has 152 valence electrons. The molecule has 4 heteroatoms. The Labute approximate surface area is 185 Å². The molecule has 0 aliphatic rings. The topological polar surface area (TPSA) is 29.5 Å². The van der Waals surface area contributed by atoms with Crippen molar-refractivity contribution in [3.05, 3.63) is 70.3 Å². The van der Waals surface area contributed by atoms with Crippen molar-refractivity contribution >= 4 is 41.3 Å². The van der Waals surface area contributed by atoms with Crippen molar-refractivity contribution in [2.45, 2.75) is 64.7 Å². The summed E-state index contributed by atoms with van der Waals surface area (Å²) in [5, 5.41) is 13.6. The molecule has 0 aromatic heterocycles. The molecule has 0 heterocycles. The summed E-state index contributed by atoms with van der Waals surface area (Å²) in [6.45, 7) is 12.7. The van der Waals surface area contributed by atoms with Crippen LogP contribution < -0.4 is 10.4 Å². The van der Waals surface area contributed by atoms with Crippen molar-refractivity contribution in [2.24, 2.45) is 0 Å². The van der Waals surface area contributed by atoms with Gasteiger partial charge in [0.15, 0.2) is 0 Å². The van der Waals surface area contributed by atoms with Gasteiger partial charge in [-0.05, 0) is 67.9 Å². The van der Waals surface area contributed by atoms with E-state index in [9.17, 15) is 5.11 Å². The first-order valence-corrected chi connectivity index (χ1v) is 12.9. The van der Waals surface area contributed by atoms with E-state index in [-0.39, 0.29) is 11.1 Å². The minimum atomic E-state index is -2.69. The Hall–Kier alpha value is -0.953. The van der Waals surface area contributed by atoms with Gasteiger partial charge in [0.25, 0.3) is 8.32 Å². The quantitative estimate of drug-likeness (QED) is 0.399. The molecule has 0 saturated heterocycles. The van der Waals surface area contributed by atoms with Gasteiger partial charge in [0.05, 0.1) is 6.10 Å². The number of allylic oxidation sites excluding steroid dienone is 1. The lowest BCUT2D eigenvalue weighted by Gasteiger charge is -2.47. The number of hydrogen-bond acceptors (Lipinski definition) is 2. The standard InChI is InChI=1S/C24H33IO2Si/c1-7-22(24(6,26)18-19(2)25)27-28(23(3,4)5,20-14-10-8-11-15-20)21-16-12-9-13-17-21/h8-18,22,26H,7H2,1-6H3/t22-,24+/m1/s1. The van der Waals surface area contributed by atoms with Gasteiger partial charge in [-0.15, -0.1) is 0 Å². The number of rotatable bonds is 7. The summed E-state index contributed by atoms with van der Waals surface area (Å²) < 4.78 is 8.19. The Kier molecular flexibility index (Phi) is 7.70. The van der Waals surface area contributed by atoms with Gasteiger partial charge in [-0.1, -0.05) is 88.4 Å². The average Bonchev–Trinajstić information content (AvgIpc) is 2.62. The largest absolute Gasteiger partial charge is 0.401 e. The summed E-state index contributed by atoms with van der Waals surface area (Å²) in [6, 6.07) is 21.2. The van der Waals surface area contributed by atoms with Gasteiger partial charge in [0, 0.05) is 0 Å². The Morgan fingerprint density at radius 2 is 1.43 bits per heavy atom. The molecule has 0 amide bonds. The maximum atomic E-state index is 11.3. The summed E-state index contributed by atoms with van der Waals surface area (Å²) in [4.78, 5) is 0. The Morgan fingerprint density at radius 1 is 1.00 bits per heavy atom. The van der Waals surface area contributed by atoms with Gasteiger partial charge >= 0.3 is 0 Å². The van der Waals surface area contributed by atoms with Crippen LogP contribution in [0.2, 0.25) is 5.04 Å². The number of halogens is 1. The second-order valence-corrected chi connectivity index (χ2v) is 14.6. The van der Waals surface area contributed by atoms with E-state index in [1.165, 1.54) is 10.4 Å². The normalized spacial score (nSPS) is 16.5. The molecule has 0 aliphatic carbocycles. The van der Waals surface area contributed by atoms with E-state index in [4.69, 9.17) is 4.43 Å². The minimum absolute atomic E-state index is 0.109. The molecule has 0 aliphatic heterocycles. The summed E-state index contributed by atoms with van der Waals surface area (Å²) in [6.07, 6.45) is 2.35. The van der Waals surface area contributed by atoms with E-state index in [1.807, 2.05) is 32.1 Å². The van der Waals surface area contributed by atoms with E-state index in [2.05, 4.69) is 98.8 Å². The van der Waals surface area contributed by atoms with E-state index in [0.29, 0.717) is 0 Å². The van der Waals surface area contributed by atoms with Gasteiger partial charge in [-0.3, -0.25) is 0 Å². The summed E-state index contributed by atoms with van der Waals surface area (Å²) in [7, 11) is -2.69. The number of benzene rings is 2. The van der Waals surface area contributed by atoms with Crippen LogP contribution in [0, 0.1) is 0 Å². The van der Waals surface area contributed by atoms with Crippen molar-refractivity contribution in [3.63, 3.8) is 0 Å². The summed E-state index contributed by atoms with van der Waals surface area (Å²) in [5.74, 6) is 0. The summed E-state index contributed by atoms with van der Waals surface area (Å²) >= 11 is 2.25. The van der Waals surface area contributed by atoms with Crippen molar-refractivity contribution in [1.29, 1.82) is 0 Å². The van der Waals surface area contributed by atoms with Crippen LogP contribution in [0.3, 0.4) is 0 Å². The lowest BCUT2D eigenvalue weighted by atomic mass is 9.97. The van der Waals surface area contributed by atoms with Crippen molar-refractivity contribution in [1.82, 2.24) is 0 Å². The highest BCUT2D eigenvalue weighted by atomic mass is 127. The van der Waals surface area contributed by atoms with Gasteiger partial charge in [0.2, 0.25) is 0 Å². The Morgan fingerprint density at radius 3 is 1.75 bits per heavy atom. The third-order valence-corrected chi connectivity index (χ3v) is 10.6. The van der Waals surface area contributed by atoms with Gasteiger partial charge in [0.1, 0.15) is 5.60 Å². The smallest absolute Gasteiger partial charge is 0.261 e. The first-order valence-electron chi connectivity index (χ1n) is 9.91. The summed E-state index contributed by atoms with van der Waals surface area (Å²) in [5.41, 5.74) is -1.03. The Balaban J connectivity index is 2.73. The lowest BCUT2D eigenvalue weighted by molar-refractivity contribution is -0.0180. The second kappa shape index (κ2) is 9.24. The highest BCUT2D eigenvalue weighted by Gasteiger charge is 2.52. The molecular formula is C24H33IO2Si. The molecule has 2 aromatic carbocycles. The molecular weight excluding hydrogens is 475 g/mol. The van der Waals surface area contributed by atoms with Gasteiger partial charge in [-0.25, -0.2) is 0 Å². The van der Waals surface area contributed by atoms with Crippen LogP contribution >= 0.6 is 22.6 Å². The maximum absolute atomic E-state index is 11.3. The van der Waals surface area contributed by atoms with E-state index in [1.54, 1.807) is 0 Å². The Bertz CT molecular complexity index is 736. The molecule has 1 N–H and O–H groups in total. The first kappa shape index (κ1) is 23.3. The molecule has 28 heavy (non-hydrogen) atoms. The molecule has 0 spiro atoms. The minimum Gasteiger partial charge on any atom is -0.401 e. The van der Waals surface area contributed by atoms with Gasteiger partial charge in [-0.2, -0.15) is 0 Å². The molecule has 2 aromatic rings. The molecule has 2 rings (SSSR count). The molecule has 2 atom stereocenters. The fraction of sp³-hybridized carbons (Fsp3) is 0.417.